The maximum atomic E-state index is 13.5. The lowest BCUT2D eigenvalue weighted by Crippen LogP contribution is -2.51. The highest BCUT2D eigenvalue weighted by molar-refractivity contribution is 6.00. The van der Waals surface area contributed by atoms with E-state index in [9.17, 15) is 9.59 Å². The van der Waals surface area contributed by atoms with Crippen molar-refractivity contribution in [3.8, 4) is 16.9 Å². The van der Waals surface area contributed by atoms with E-state index in [-0.39, 0.29) is 17.7 Å². The molecule has 0 saturated carbocycles. The standard InChI is InChI=1S/C25H28N4O2/c1-18(2)24(30)27-13-15-28(16-14-27)25(31)22-17-29(21-11-9-19(3)10-12-21)26-23(22)20-7-5-4-6-8-20/h4-12,17-18H,13-16H2,1-3H3. The molecule has 2 amide bonds. The van der Waals surface area contributed by atoms with Crippen molar-refractivity contribution >= 4 is 11.8 Å². The lowest BCUT2D eigenvalue weighted by Gasteiger charge is -2.35. The van der Waals surface area contributed by atoms with E-state index in [2.05, 4.69) is 0 Å². The number of hydrogen-bond acceptors (Lipinski definition) is 3. The minimum absolute atomic E-state index is 0.0281. The number of aromatic nitrogens is 2. The van der Waals surface area contributed by atoms with E-state index in [1.807, 2.05) is 91.4 Å². The zero-order valence-electron chi connectivity index (χ0n) is 18.3. The summed E-state index contributed by atoms with van der Waals surface area (Å²) in [5, 5.41) is 4.77. The van der Waals surface area contributed by atoms with Crippen LogP contribution in [0.1, 0.15) is 29.8 Å². The minimum Gasteiger partial charge on any atom is -0.339 e. The van der Waals surface area contributed by atoms with Gasteiger partial charge in [-0.2, -0.15) is 5.10 Å². The van der Waals surface area contributed by atoms with E-state index in [0.29, 0.717) is 37.4 Å². The van der Waals surface area contributed by atoms with Crippen molar-refractivity contribution in [2.45, 2.75) is 20.8 Å². The molecule has 0 aliphatic carbocycles. The monoisotopic (exact) mass is 416 g/mol. The van der Waals surface area contributed by atoms with Gasteiger partial charge in [-0.05, 0) is 19.1 Å². The number of amides is 2. The molecular formula is C25H28N4O2. The van der Waals surface area contributed by atoms with Gasteiger partial charge in [0, 0.05) is 43.9 Å². The van der Waals surface area contributed by atoms with Crippen LogP contribution in [-0.4, -0.2) is 57.6 Å². The zero-order valence-corrected chi connectivity index (χ0v) is 18.3. The molecule has 0 N–H and O–H groups in total. The number of benzene rings is 2. The molecule has 2 aromatic carbocycles. The Balaban J connectivity index is 1.63. The average molecular weight is 417 g/mol. The second-order valence-corrected chi connectivity index (χ2v) is 8.31. The van der Waals surface area contributed by atoms with Crippen LogP contribution in [0.2, 0.25) is 0 Å². The zero-order chi connectivity index (χ0) is 22.0. The van der Waals surface area contributed by atoms with E-state index >= 15 is 0 Å². The Morgan fingerprint density at radius 3 is 2.10 bits per heavy atom. The van der Waals surface area contributed by atoms with Crippen molar-refractivity contribution < 1.29 is 9.59 Å². The van der Waals surface area contributed by atoms with Crippen LogP contribution >= 0.6 is 0 Å². The summed E-state index contributed by atoms with van der Waals surface area (Å²) in [4.78, 5) is 29.4. The van der Waals surface area contributed by atoms with Crippen molar-refractivity contribution in [2.75, 3.05) is 26.2 Å². The molecule has 1 fully saturated rings. The Kier molecular flexibility index (Phi) is 5.89. The fraction of sp³-hybridized carbons (Fsp3) is 0.320. The fourth-order valence-electron chi connectivity index (χ4n) is 3.83. The van der Waals surface area contributed by atoms with Crippen LogP contribution < -0.4 is 0 Å². The van der Waals surface area contributed by atoms with E-state index in [0.717, 1.165) is 11.3 Å². The molecule has 6 heteroatoms. The topological polar surface area (TPSA) is 58.4 Å². The highest BCUT2D eigenvalue weighted by Gasteiger charge is 2.28. The number of nitrogens with zero attached hydrogens (tertiary/aromatic N) is 4. The molecule has 0 atom stereocenters. The first-order chi connectivity index (χ1) is 14.9. The van der Waals surface area contributed by atoms with Crippen molar-refractivity contribution in [3.63, 3.8) is 0 Å². The lowest BCUT2D eigenvalue weighted by molar-refractivity contribution is -0.135. The Hall–Kier alpha value is -3.41. The second-order valence-electron chi connectivity index (χ2n) is 8.31. The Labute approximate surface area is 183 Å². The Bertz CT molecular complexity index is 1060. The minimum atomic E-state index is -0.0474. The second kappa shape index (κ2) is 8.76. The molecule has 6 nitrogen and oxygen atoms in total. The average Bonchev–Trinajstić information content (AvgIpc) is 3.24. The molecule has 0 bridgehead atoms. The number of carbonyl (C=O) groups excluding carboxylic acids is 2. The molecule has 4 rings (SSSR count). The molecule has 160 valence electrons. The van der Waals surface area contributed by atoms with Crippen LogP contribution in [0.5, 0.6) is 0 Å². The molecule has 0 unspecified atom stereocenters. The van der Waals surface area contributed by atoms with Crippen molar-refractivity contribution in [1.82, 2.24) is 19.6 Å². The van der Waals surface area contributed by atoms with Crippen LogP contribution in [0.4, 0.5) is 0 Å². The normalized spacial score (nSPS) is 14.2. The van der Waals surface area contributed by atoms with Crippen LogP contribution in [0.3, 0.4) is 0 Å². The summed E-state index contributed by atoms with van der Waals surface area (Å²) in [6.45, 7) is 8.05. The number of hydrogen-bond donors (Lipinski definition) is 0. The number of aryl methyl sites for hydroxylation is 1. The summed E-state index contributed by atoms with van der Waals surface area (Å²) < 4.78 is 1.77. The van der Waals surface area contributed by atoms with Gasteiger partial charge in [0.1, 0.15) is 5.69 Å². The molecule has 1 aliphatic heterocycles. The van der Waals surface area contributed by atoms with Gasteiger partial charge < -0.3 is 9.80 Å². The predicted octanol–water partition coefficient (Wildman–Crippen LogP) is 3.79. The first kappa shape index (κ1) is 20.8. The van der Waals surface area contributed by atoms with Gasteiger partial charge in [-0.1, -0.05) is 61.9 Å². The smallest absolute Gasteiger partial charge is 0.257 e. The summed E-state index contributed by atoms with van der Waals surface area (Å²) >= 11 is 0. The van der Waals surface area contributed by atoms with Gasteiger partial charge in [0.15, 0.2) is 0 Å². The van der Waals surface area contributed by atoms with Crippen LogP contribution in [0, 0.1) is 12.8 Å². The number of rotatable bonds is 4. The van der Waals surface area contributed by atoms with E-state index < -0.39 is 0 Å². The molecule has 3 aromatic rings. The summed E-state index contributed by atoms with van der Waals surface area (Å²) in [6, 6.07) is 17.9. The molecule has 1 aliphatic rings. The molecule has 2 heterocycles. The molecule has 1 aromatic heterocycles. The first-order valence-electron chi connectivity index (χ1n) is 10.7. The third kappa shape index (κ3) is 4.38. The third-order valence-corrected chi connectivity index (χ3v) is 5.66. The quantitative estimate of drug-likeness (QED) is 0.650. The predicted molar refractivity (Wildman–Crippen MR) is 121 cm³/mol. The highest BCUT2D eigenvalue weighted by atomic mass is 16.2. The van der Waals surface area contributed by atoms with E-state index in [1.165, 1.54) is 5.56 Å². The summed E-state index contributed by atoms with van der Waals surface area (Å²) in [6.07, 6.45) is 1.82. The molecule has 0 radical (unpaired) electrons. The summed E-state index contributed by atoms with van der Waals surface area (Å²) in [5.74, 6) is 0.0674. The van der Waals surface area contributed by atoms with Gasteiger partial charge >= 0.3 is 0 Å². The third-order valence-electron chi connectivity index (χ3n) is 5.66. The van der Waals surface area contributed by atoms with Crippen molar-refractivity contribution in [1.29, 1.82) is 0 Å². The van der Waals surface area contributed by atoms with Gasteiger partial charge in [-0.3, -0.25) is 9.59 Å². The molecule has 1 saturated heterocycles. The molecular weight excluding hydrogens is 388 g/mol. The largest absolute Gasteiger partial charge is 0.339 e. The van der Waals surface area contributed by atoms with Gasteiger partial charge in [0.2, 0.25) is 5.91 Å². The van der Waals surface area contributed by atoms with Crippen molar-refractivity contribution in [3.05, 3.63) is 71.9 Å². The van der Waals surface area contributed by atoms with Gasteiger partial charge in [-0.25, -0.2) is 4.68 Å². The summed E-state index contributed by atoms with van der Waals surface area (Å²) in [7, 11) is 0. The SMILES string of the molecule is Cc1ccc(-n2cc(C(=O)N3CCN(C(=O)C(C)C)CC3)c(-c3ccccc3)n2)cc1. The highest BCUT2D eigenvalue weighted by Crippen LogP contribution is 2.25. The maximum absolute atomic E-state index is 13.5. The first-order valence-corrected chi connectivity index (χ1v) is 10.7. The maximum Gasteiger partial charge on any atom is 0.257 e. The van der Waals surface area contributed by atoms with Crippen LogP contribution in [0.25, 0.3) is 16.9 Å². The lowest BCUT2D eigenvalue weighted by atomic mass is 10.1. The summed E-state index contributed by atoms with van der Waals surface area (Å²) in [5.41, 5.74) is 4.24. The van der Waals surface area contributed by atoms with Crippen molar-refractivity contribution in [2.24, 2.45) is 5.92 Å². The Morgan fingerprint density at radius 2 is 1.48 bits per heavy atom. The van der Waals surface area contributed by atoms with Crippen LogP contribution in [-0.2, 0) is 4.79 Å². The Morgan fingerprint density at radius 1 is 0.871 bits per heavy atom. The van der Waals surface area contributed by atoms with Gasteiger partial charge in [0.25, 0.3) is 5.91 Å². The fourth-order valence-corrected chi connectivity index (χ4v) is 3.83. The van der Waals surface area contributed by atoms with E-state index in [1.54, 1.807) is 4.68 Å². The van der Waals surface area contributed by atoms with Gasteiger partial charge in [0.05, 0.1) is 11.3 Å². The number of carbonyl (C=O) groups is 2. The molecule has 0 spiro atoms. The number of piperazine rings is 1. The van der Waals surface area contributed by atoms with E-state index in [4.69, 9.17) is 5.10 Å². The van der Waals surface area contributed by atoms with Gasteiger partial charge in [-0.15, -0.1) is 0 Å². The molecule has 31 heavy (non-hydrogen) atoms. The van der Waals surface area contributed by atoms with Crippen LogP contribution in [0.15, 0.2) is 60.8 Å².